The molecule has 0 radical (unpaired) electrons. The summed E-state index contributed by atoms with van der Waals surface area (Å²) >= 11 is 0. The van der Waals surface area contributed by atoms with E-state index in [2.05, 4.69) is 26.0 Å². The SMILES string of the molecule is Cc1cccc(C)c1OCCOC(C)C. The lowest BCUT2D eigenvalue weighted by Gasteiger charge is -2.13. The van der Waals surface area contributed by atoms with Crippen molar-refractivity contribution in [1.29, 1.82) is 0 Å². The van der Waals surface area contributed by atoms with Gasteiger partial charge in [-0.05, 0) is 38.8 Å². The normalized spacial score (nSPS) is 10.7. The van der Waals surface area contributed by atoms with Gasteiger partial charge < -0.3 is 9.47 Å². The quantitative estimate of drug-likeness (QED) is 0.692. The van der Waals surface area contributed by atoms with Crippen molar-refractivity contribution in [2.45, 2.75) is 33.8 Å². The van der Waals surface area contributed by atoms with Gasteiger partial charge in [0.05, 0.1) is 12.7 Å². The predicted molar refractivity (Wildman–Crippen MR) is 62.5 cm³/mol. The van der Waals surface area contributed by atoms with Crippen molar-refractivity contribution < 1.29 is 9.47 Å². The van der Waals surface area contributed by atoms with Crippen molar-refractivity contribution in [3.8, 4) is 5.75 Å². The largest absolute Gasteiger partial charge is 0.491 e. The Morgan fingerprint density at radius 3 is 2.20 bits per heavy atom. The van der Waals surface area contributed by atoms with Crippen molar-refractivity contribution in [3.63, 3.8) is 0 Å². The van der Waals surface area contributed by atoms with E-state index < -0.39 is 0 Å². The van der Waals surface area contributed by atoms with Crippen LogP contribution in [0, 0.1) is 13.8 Å². The monoisotopic (exact) mass is 208 g/mol. The first kappa shape index (κ1) is 12.1. The summed E-state index contributed by atoms with van der Waals surface area (Å²) in [5.41, 5.74) is 2.36. The van der Waals surface area contributed by atoms with Gasteiger partial charge in [0, 0.05) is 0 Å². The molecule has 1 rings (SSSR count). The summed E-state index contributed by atoms with van der Waals surface area (Å²) in [6.07, 6.45) is 0.270. The van der Waals surface area contributed by atoms with Crippen molar-refractivity contribution >= 4 is 0 Å². The molecular weight excluding hydrogens is 188 g/mol. The van der Waals surface area contributed by atoms with Crippen LogP contribution in [0.4, 0.5) is 0 Å². The van der Waals surface area contributed by atoms with Crippen molar-refractivity contribution in [2.24, 2.45) is 0 Å². The van der Waals surface area contributed by atoms with E-state index in [1.54, 1.807) is 0 Å². The lowest BCUT2D eigenvalue weighted by molar-refractivity contribution is 0.0550. The van der Waals surface area contributed by atoms with E-state index >= 15 is 0 Å². The van der Waals surface area contributed by atoms with Gasteiger partial charge >= 0.3 is 0 Å². The molecule has 0 atom stereocenters. The fourth-order valence-electron chi connectivity index (χ4n) is 1.45. The Morgan fingerprint density at radius 2 is 1.67 bits per heavy atom. The molecule has 0 aliphatic heterocycles. The molecule has 0 heterocycles. The number of benzene rings is 1. The van der Waals surface area contributed by atoms with Crippen LogP contribution in [0.25, 0.3) is 0 Å². The van der Waals surface area contributed by atoms with E-state index in [-0.39, 0.29) is 6.10 Å². The number of aryl methyl sites for hydroxylation is 2. The van der Waals surface area contributed by atoms with Crippen molar-refractivity contribution in [3.05, 3.63) is 29.3 Å². The second-order valence-corrected chi connectivity index (χ2v) is 3.99. The molecule has 1 aromatic carbocycles. The summed E-state index contributed by atoms with van der Waals surface area (Å²) in [5.74, 6) is 0.991. The molecule has 2 heteroatoms. The minimum Gasteiger partial charge on any atom is -0.491 e. The smallest absolute Gasteiger partial charge is 0.125 e. The van der Waals surface area contributed by atoms with Crippen LogP contribution < -0.4 is 4.74 Å². The Labute approximate surface area is 92.2 Å². The Kier molecular flexibility index (Phi) is 4.63. The van der Waals surface area contributed by atoms with Crippen LogP contribution in [0.1, 0.15) is 25.0 Å². The van der Waals surface area contributed by atoms with Gasteiger partial charge in [-0.3, -0.25) is 0 Å². The van der Waals surface area contributed by atoms with Crippen LogP contribution in [0.2, 0.25) is 0 Å². The maximum absolute atomic E-state index is 5.69. The summed E-state index contributed by atoms with van der Waals surface area (Å²) in [6.45, 7) is 9.44. The molecule has 0 saturated heterocycles. The predicted octanol–water partition coefficient (Wildman–Crippen LogP) is 3.11. The number of para-hydroxylation sites is 1. The minimum absolute atomic E-state index is 0.270. The molecule has 1 aromatic rings. The van der Waals surface area contributed by atoms with Crippen LogP contribution >= 0.6 is 0 Å². The van der Waals surface area contributed by atoms with Gasteiger partial charge in [-0.25, -0.2) is 0 Å². The van der Waals surface area contributed by atoms with Gasteiger partial charge in [0.25, 0.3) is 0 Å². The first-order valence-electron chi connectivity index (χ1n) is 5.42. The first-order valence-corrected chi connectivity index (χ1v) is 5.42. The third-order valence-electron chi connectivity index (χ3n) is 2.19. The zero-order valence-corrected chi connectivity index (χ0v) is 10.0. The zero-order chi connectivity index (χ0) is 11.3. The molecule has 0 unspecified atom stereocenters. The maximum atomic E-state index is 5.69. The Balaban J connectivity index is 2.43. The summed E-state index contributed by atoms with van der Waals surface area (Å²) in [4.78, 5) is 0. The highest BCUT2D eigenvalue weighted by Crippen LogP contribution is 2.21. The van der Waals surface area contributed by atoms with E-state index in [0.717, 1.165) is 5.75 Å². The van der Waals surface area contributed by atoms with E-state index in [0.29, 0.717) is 13.2 Å². The molecule has 0 aliphatic carbocycles. The topological polar surface area (TPSA) is 18.5 Å². The van der Waals surface area contributed by atoms with Crippen LogP contribution in [-0.4, -0.2) is 19.3 Å². The molecule has 0 N–H and O–H groups in total. The number of rotatable bonds is 5. The summed E-state index contributed by atoms with van der Waals surface area (Å²) in [7, 11) is 0. The lowest BCUT2D eigenvalue weighted by atomic mass is 10.1. The summed E-state index contributed by atoms with van der Waals surface area (Å²) in [6, 6.07) is 6.17. The molecule has 0 aromatic heterocycles. The number of ether oxygens (including phenoxy) is 2. The molecular formula is C13H20O2. The highest BCUT2D eigenvalue weighted by atomic mass is 16.5. The Hall–Kier alpha value is -1.02. The molecule has 0 aliphatic rings. The molecule has 15 heavy (non-hydrogen) atoms. The van der Waals surface area contributed by atoms with Gasteiger partial charge in [-0.2, -0.15) is 0 Å². The zero-order valence-electron chi connectivity index (χ0n) is 10.0. The Morgan fingerprint density at radius 1 is 1.07 bits per heavy atom. The third kappa shape index (κ3) is 3.92. The van der Waals surface area contributed by atoms with Crippen molar-refractivity contribution in [2.75, 3.05) is 13.2 Å². The molecule has 0 fully saturated rings. The van der Waals surface area contributed by atoms with Crippen LogP contribution in [0.3, 0.4) is 0 Å². The second-order valence-electron chi connectivity index (χ2n) is 3.99. The van der Waals surface area contributed by atoms with Gasteiger partial charge in [0.1, 0.15) is 12.4 Å². The fraction of sp³-hybridized carbons (Fsp3) is 0.538. The van der Waals surface area contributed by atoms with Gasteiger partial charge in [0.15, 0.2) is 0 Å². The number of hydrogen-bond acceptors (Lipinski definition) is 2. The minimum atomic E-state index is 0.270. The fourth-order valence-corrected chi connectivity index (χ4v) is 1.45. The summed E-state index contributed by atoms with van der Waals surface area (Å²) < 4.78 is 11.1. The number of hydrogen-bond donors (Lipinski definition) is 0. The Bertz CT molecular complexity index is 285. The molecule has 0 amide bonds. The molecule has 0 bridgehead atoms. The van der Waals surface area contributed by atoms with Crippen molar-refractivity contribution in [1.82, 2.24) is 0 Å². The third-order valence-corrected chi connectivity index (χ3v) is 2.19. The van der Waals surface area contributed by atoms with Crippen LogP contribution in [-0.2, 0) is 4.74 Å². The maximum Gasteiger partial charge on any atom is 0.125 e. The first-order chi connectivity index (χ1) is 7.11. The van der Waals surface area contributed by atoms with Gasteiger partial charge in [0.2, 0.25) is 0 Å². The molecule has 0 saturated carbocycles. The lowest BCUT2D eigenvalue weighted by Crippen LogP contribution is -2.12. The molecule has 84 valence electrons. The average Bonchev–Trinajstić information content (AvgIpc) is 2.15. The molecule has 0 spiro atoms. The average molecular weight is 208 g/mol. The standard InChI is InChI=1S/C13H20O2/c1-10(2)14-8-9-15-13-11(3)6-5-7-12(13)4/h5-7,10H,8-9H2,1-4H3. The van der Waals surface area contributed by atoms with E-state index in [1.807, 2.05) is 19.9 Å². The van der Waals surface area contributed by atoms with Gasteiger partial charge in [-0.1, -0.05) is 18.2 Å². The van der Waals surface area contributed by atoms with Gasteiger partial charge in [-0.15, -0.1) is 0 Å². The van der Waals surface area contributed by atoms with E-state index in [1.165, 1.54) is 11.1 Å². The molecule has 2 nitrogen and oxygen atoms in total. The highest BCUT2D eigenvalue weighted by molar-refractivity contribution is 5.39. The summed E-state index contributed by atoms with van der Waals surface area (Å²) in [5, 5.41) is 0. The van der Waals surface area contributed by atoms with Crippen LogP contribution in [0.15, 0.2) is 18.2 Å². The van der Waals surface area contributed by atoms with Crippen LogP contribution in [0.5, 0.6) is 5.75 Å². The second kappa shape index (κ2) is 5.76. The van der Waals surface area contributed by atoms with E-state index in [9.17, 15) is 0 Å². The van der Waals surface area contributed by atoms with E-state index in [4.69, 9.17) is 9.47 Å². The highest BCUT2D eigenvalue weighted by Gasteiger charge is 2.02.